The van der Waals surface area contributed by atoms with Gasteiger partial charge in [-0.25, -0.2) is 9.29 Å². The number of non-ortho nitro benzene ring substituents is 1. The van der Waals surface area contributed by atoms with Crippen LogP contribution in [0.3, 0.4) is 0 Å². The first-order valence-corrected chi connectivity index (χ1v) is 11.5. The van der Waals surface area contributed by atoms with E-state index < -0.39 is 33.5 Å². The number of nitro benzene ring substituents is 1. The predicted octanol–water partition coefficient (Wildman–Crippen LogP) is 5.39. The largest absolute Gasteiger partial charge is 0.495 e. The highest BCUT2D eigenvalue weighted by Crippen LogP contribution is 2.33. The zero-order valence-corrected chi connectivity index (χ0v) is 21.2. The van der Waals surface area contributed by atoms with Crippen LogP contribution in [-0.2, 0) is 9.59 Å². The average molecular weight is 559 g/mol. The number of nitro groups is 1. The number of anilines is 3. The van der Waals surface area contributed by atoms with Crippen LogP contribution in [0.15, 0.2) is 65.3 Å². The molecule has 0 spiro atoms. The molecule has 4 rings (SSSR count). The zero-order chi connectivity index (χ0) is 27.7. The summed E-state index contributed by atoms with van der Waals surface area (Å²) >= 11 is 12.0. The quantitative estimate of drug-likeness (QED) is 0.225. The predicted molar refractivity (Wildman–Crippen MR) is 139 cm³/mol. The van der Waals surface area contributed by atoms with Crippen LogP contribution in [0.4, 0.5) is 27.1 Å². The Morgan fingerprint density at radius 1 is 1.03 bits per heavy atom. The molecular weight excluding hydrogens is 542 g/mol. The number of carbonyl (C=O) groups is 3. The highest BCUT2D eigenvalue weighted by molar-refractivity contribution is 6.53. The fourth-order valence-corrected chi connectivity index (χ4v) is 3.99. The molecule has 0 aromatic heterocycles. The molecule has 0 saturated carbocycles. The molecule has 0 aliphatic carbocycles. The maximum Gasteiger partial charge on any atom is 0.283 e. The van der Waals surface area contributed by atoms with Crippen molar-refractivity contribution in [2.24, 2.45) is 0 Å². The molecule has 2 N–H and O–H groups in total. The molecule has 0 fully saturated rings. The SMILES string of the molecule is COc1ccc([N+](=O)[O-])cc1NC(=O)c1ccc(C)c(NC2=C(Cl)C(=O)N(c3ccc(F)c(Cl)c3)C2=O)c1. The maximum absolute atomic E-state index is 13.6. The molecule has 0 saturated heterocycles. The smallest absolute Gasteiger partial charge is 0.283 e. The molecule has 0 atom stereocenters. The van der Waals surface area contributed by atoms with Crippen molar-refractivity contribution in [2.75, 3.05) is 22.6 Å². The minimum Gasteiger partial charge on any atom is -0.495 e. The molecule has 3 aromatic carbocycles. The van der Waals surface area contributed by atoms with E-state index in [1.165, 1.54) is 37.4 Å². The molecule has 10 nitrogen and oxygen atoms in total. The lowest BCUT2D eigenvalue weighted by Crippen LogP contribution is -2.32. The molecule has 1 aliphatic rings. The van der Waals surface area contributed by atoms with Crippen molar-refractivity contribution in [1.29, 1.82) is 0 Å². The molecule has 3 aromatic rings. The molecule has 0 unspecified atom stereocenters. The van der Waals surface area contributed by atoms with Crippen molar-refractivity contribution >= 4 is 63.7 Å². The van der Waals surface area contributed by atoms with E-state index in [4.69, 9.17) is 27.9 Å². The third-order valence-electron chi connectivity index (χ3n) is 5.59. The molecule has 0 bridgehead atoms. The van der Waals surface area contributed by atoms with Gasteiger partial charge in [0.05, 0.1) is 28.4 Å². The van der Waals surface area contributed by atoms with Crippen LogP contribution >= 0.6 is 23.2 Å². The van der Waals surface area contributed by atoms with E-state index in [0.717, 1.165) is 23.1 Å². The number of imide groups is 1. The Morgan fingerprint density at radius 3 is 2.42 bits per heavy atom. The van der Waals surface area contributed by atoms with E-state index >= 15 is 0 Å². The molecule has 0 radical (unpaired) electrons. The Morgan fingerprint density at radius 2 is 1.76 bits per heavy atom. The van der Waals surface area contributed by atoms with Crippen LogP contribution in [0.5, 0.6) is 5.75 Å². The second-order valence-corrected chi connectivity index (χ2v) is 8.77. The van der Waals surface area contributed by atoms with Gasteiger partial charge in [-0.15, -0.1) is 0 Å². The molecule has 1 aliphatic heterocycles. The minimum atomic E-state index is -0.842. The van der Waals surface area contributed by atoms with Crippen molar-refractivity contribution in [1.82, 2.24) is 0 Å². The number of nitrogens with one attached hydrogen (secondary N) is 2. The molecular formula is C25H17Cl2FN4O6. The van der Waals surface area contributed by atoms with Gasteiger partial charge in [0.2, 0.25) is 0 Å². The lowest BCUT2D eigenvalue weighted by molar-refractivity contribution is -0.384. The summed E-state index contributed by atoms with van der Waals surface area (Å²) in [5.74, 6) is -2.78. The number of carbonyl (C=O) groups excluding carboxylic acids is 3. The first-order valence-electron chi connectivity index (χ1n) is 10.8. The van der Waals surface area contributed by atoms with Gasteiger partial charge in [0, 0.05) is 23.4 Å². The summed E-state index contributed by atoms with van der Waals surface area (Å²) in [5.41, 5.74) is 0.632. The molecule has 3 amide bonds. The fraction of sp³-hybridized carbons (Fsp3) is 0.0800. The van der Waals surface area contributed by atoms with E-state index in [0.29, 0.717) is 5.56 Å². The summed E-state index contributed by atoms with van der Waals surface area (Å²) in [4.78, 5) is 50.0. The monoisotopic (exact) mass is 558 g/mol. The summed E-state index contributed by atoms with van der Waals surface area (Å²) in [6.07, 6.45) is 0. The fourth-order valence-electron chi connectivity index (χ4n) is 3.60. The summed E-state index contributed by atoms with van der Waals surface area (Å²) in [6.45, 7) is 1.70. The number of nitrogens with zero attached hydrogens (tertiary/aromatic N) is 2. The Kier molecular flexibility index (Phi) is 7.33. The van der Waals surface area contributed by atoms with Gasteiger partial charge < -0.3 is 15.4 Å². The van der Waals surface area contributed by atoms with Crippen molar-refractivity contribution in [3.8, 4) is 5.75 Å². The van der Waals surface area contributed by atoms with Gasteiger partial charge in [0.1, 0.15) is 22.3 Å². The Hall–Kier alpha value is -4.48. The molecule has 38 heavy (non-hydrogen) atoms. The number of hydrogen-bond donors (Lipinski definition) is 2. The van der Waals surface area contributed by atoms with Gasteiger partial charge in [-0.2, -0.15) is 0 Å². The van der Waals surface area contributed by atoms with Crippen LogP contribution in [0.25, 0.3) is 0 Å². The standard InChI is InChI=1S/C25H17Cl2FN4O6/c1-12-3-4-13(23(33)30-19-11-15(32(36)37)6-8-20(19)38-2)9-18(12)29-22-21(27)24(34)31(25(22)35)14-5-7-17(28)16(26)10-14/h3-11,29H,1-2H3,(H,30,33). The maximum atomic E-state index is 13.6. The van der Waals surface area contributed by atoms with Crippen LogP contribution in [0.1, 0.15) is 15.9 Å². The molecule has 1 heterocycles. The second kappa shape index (κ2) is 10.5. The highest BCUT2D eigenvalue weighted by Gasteiger charge is 2.39. The van der Waals surface area contributed by atoms with Crippen LogP contribution in [0, 0.1) is 22.9 Å². The van der Waals surface area contributed by atoms with Gasteiger partial charge in [-0.05, 0) is 48.9 Å². The summed E-state index contributed by atoms with van der Waals surface area (Å²) in [5, 5.41) is 15.8. The number of methoxy groups -OCH3 is 1. The highest BCUT2D eigenvalue weighted by atomic mass is 35.5. The van der Waals surface area contributed by atoms with Crippen molar-refractivity contribution in [3.63, 3.8) is 0 Å². The number of benzene rings is 3. The number of aryl methyl sites for hydroxylation is 1. The van der Waals surface area contributed by atoms with E-state index in [1.807, 2.05) is 0 Å². The normalized spacial score (nSPS) is 13.1. The number of hydrogen-bond acceptors (Lipinski definition) is 7. The van der Waals surface area contributed by atoms with E-state index in [9.17, 15) is 28.9 Å². The Bertz CT molecular complexity index is 1560. The first kappa shape index (κ1) is 26.6. The van der Waals surface area contributed by atoms with E-state index in [-0.39, 0.29) is 44.8 Å². The van der Waals surface area contributed by atoms with Gasteiger partial charge in [-0.1, -0.05) is 29.3 Å². The zero-order valence-electron chi connectivity index (χ0n) is 19.7. The van der Waals surface area contributed by atoms with Gasteiger partial charge in [0.15, 0.2) is 0 Å². The summed E-state index contributed by atoms with van der Waals surface area (Å²) in [6, 6.07) is 11.6. The van der Waals surface area contributed by atoms with Crippen molar-refractivity contribution in [2.45, 2.75) is 6.92 Å². The summed E-state index contributed by atoms with van der Waals surface area (Å²) < 4.78 is 18.7. The van der Waals surface area contributed by atoms with Crippen molar-refractivity contribution < 1.29 is 28.4 Å². The number of halogens is 3. The summed E-state index contributed by atoms with van der Waals surface area (Å²) in [7, 11) is 1.35. The average Bonchev–Trinajstić information content (AvgIpc) is 3.09. The van der Waals surface area contributed by atoms with Crippen LogP contribution in [-0.4, -0.2) is 29.8 Å². The second-order valence-electron chi connectivity index (χ2n) is 7.98. The van der Waals surface area contributed by atoms with Gasteiger partial charge in [-0.3, -0.25) is 24.5 Å². The number of ether oxygens (including phenoxy) is 1. The van der Waals surface area contributed by atoms with Gasteiger partial charge >= 0.3 is 0 Å². The Labute approximate surface area is 224 Å². The van der Waals surface area contributed by atoms with Crippen LogP contribution in [0.2, 0.25) is 5.02 Å². The minimum absolute atomic E-state index is 0.0251. The van der Waals surface area contributed by atoms with E-state index in [2.05, 4.69) is 10.6 Å². The molecule has 13 heteroatoms. The van der Waals surface area contributed by atoms with Crippen LogP contribution < -0.4 is 20.3 Å². The topological polar surface area (TPSA) is 131 Å². The molecule has 194 valence electrons. The lowest BCUT2D eigenvalue weighted by atomic mass is 10.1. The number of amides is 3. The van der Waals surface area contributed by atoms with Crippen molar-refractivity contribution in [3.05, 3.63) is 97.4 Å². The number of rotatable bonds is 7. The third-order valence-corrected chi connectivity index (χ3v) is 6.23. The van der Waals surface area contributed by atoms with Gasteiger partial charge in [0.25, 0.3) is 23.4 Å². The third kappa shape index (κ3) is 5.01. The lowest BCUT2D eigenvalue weighted by Gasteiger charge is -2.16. The first-order chi connectivity index (χ1) is 18.0. The Balaban J connectivity index is 1.60. The van der Waals surface area contributed by atoms with E-state index in [1.54, 1.807) is 13.0 Å².